The molecule has 2 N–H and O–H groups in total. The first-order chi connectivity index (χ1) is 15.3. The highest BCUT2D eigenvalue weighted by Gasteiger charge is 2.22. The number of nitrogens with zero attached hydrogens (tertiary/aromatic N) is 3. The molecule has 0 bridgehead atoms. The van der Waals surface area contributed by atoms with Crippen molar-refractivity contribution in [3.63, 3.8) is 0 Å². The summed E-state index contributed by atoms with van der Waals surface area (Å²) in [4.78, 5) is 44.3. The first-order valence-electron chi connectivity index (χ1n) is 10.1. The van der Waals surface area contributed by atoms with Crippen LogP contribution < -0.4 is 15.8 Å². The van der Waals surface area contributed by atoms with E-state index in [9.17, 15) is 14.4 Å². The highest BCUT2D eigenvalue weighted by atomic mass is 35.5. The Kier molecular flexibility index (Phi) is 6.29. The standard InChI is InChI=1S/C22H22ClN5O3S/c1-26-21(31)17-6-5-14(11-18(17)25-22(26)32)20(30)24-13-19(29)28-9-7-27(8-10-28)16-4-2-3-15(23)12-16/h2-6,11-12H,7-10,13H2,1H3,(H,24,30)(H,25,32). The average Bonchev–Trinajstić information content (AvgIpc) is 2.80. The third kappa shape index (κ3) is 4.53. The number of carbonyl (C=O) groups excluding carboxylic acids is 2. The fraction of sp³-hybridized carbons (Fsp3) is 0.273. The molecule has 32 heavy (non-hydrogen) atoms. The van der Waals surface area contributed by atoms with Crippen molar-refractivity contribution >= 4 is 52.2 Å². The van der Waals surface area contributed by atoms with Gasteiger partial charge in [-0.15, -0.1) is 0 Å². The van der Waals surface area contributed by atoms with Crippen molar-refractivity contribution in [3.05, 3.63) is 68.2 Å². The molecule has 3 aromatic rings. The van der Waals surface area contributed by atoms with Crippen LogP contribution in [0.15, 0.2) is 47.3 Å². The fourth-order valence-electron chi connectivity index (χ4n) is 3.70. The van der Waals surface area contributed by atoms with Crippen molar-refractivity contribution in [3.8, 4) is 0 Å². The molecular formula is C22H22ClN5O3S. The van der Waals surface area contributed by atoms with E-state index in [2.05, 4.69) is 15.2 Å². The number of halogens is 1. The second kappa shape index (κ2) is 9.13. The molecule has 8 nitrogen and oxygen atoms in total. The maximum Gasteiger partial charge on any atom is 0.261 e. The molecule has 1 aliphatic rings. The number of aromatic amines is 1. The molecular weight excluding hydrogens is 450 g/mol. The highest BCUT2D eigenvalue weighted by molar-refractivity contribution is 7.71. The first-order valence-corrected chi connectivity index (χ1v) is 10.9. The summed E-state index contributed by atoms with van der Waals surface area (Å²) in [7, 11) is 1.58. The summed E-state index contributed by atoms with van der Waals surface area (Å²) < 4.78 is 1.61. The summed E-state index contributed by atoms with van der Waals surface area (Å²) in [6.45, 7) is 2.42. The lowest BCUT2D eigenvalue weighted by Gasteiger charge is -2.36. The van der Waals surface area contributed by atoms with Gasteiger partial charge < -0.3 is 20.1 Å². The summed E-state index contributed by atoms with van der Waals surface area (Å²) in [6, 6.07) is 12.3. The van der Waals surface area contributed by atoms with Gasteiger partial charge in [0.05, 0.1) is 17.4 Å². The molecule has 10 heteroatoms. The number of carbonyl (C=O) groups is 2. The van der Waals surface area contributed by atoms with Crippen molar-refractivity contribution in [2.75, 3.05) is 37.6 Å². The minimum absolute atomic E-state index is 0.0966. The van der Waals surface area contributed by atoms with E-state index in [0.29, 0.717) is 47.7 Å². The SMILES string of the molecule is Cn1c(=S)[nH]c2cc(C(=O)NCC(=O)N3CCN(c4cccc(Cl)c4)CC3)ccc2c1=O. The Hall–Kier alpha value is -3.17. The van der Waals surface area contributed by atoms with Crippen LogP contribution in [-0.4, -0.2) is 59.0 Å². The third-order valence-electron chi connectivity index (χ3n) is 5.57. The highest BCUT2D eigenvalue weighted by Crippen LogP contribution is 2.20. The van der Waals surface area contributed by atoms with Crippen LogP contribution in [0.4, 0.5) is 5.69 Å². The van der Waals surface area contributed by atoms with Crippen LogP contribution in [0.5, 0.6) is 0 Å². The van der Waals surface area contributed by atoms with E-state index in [1.165, 1.54) is 4.57 Å². The number of amides is 2. The molecule has 0 unspecified atom stereocenters. The molecule has 1 fully saturated rings. The second-order valence-corrected chi connectivity index (χ2v) is 8.41. The predicted molar refractivity (Wildman–Crippen MR) is 127 cm³/mol. The van der Waals surface area contributed by atoms with Gasteiger partial charge >= 0.3 is 0 Å². The zero-order chi connectivity index (χ0) is 22.8. The van der Waals surface area contributed by atoms with Crippen molar-refractivity contribution in [1.82, 2.24) is 19.8 Å². The normalized spacial score (nSPS) is 13.9. The molecule has 0 spiro atoms. The van der Waals surface area contributed by atoms with Gasteiger partial charge in [-0.25, -0.2) is 0 Å². The van der Waals surface area contributed by atoms with Gasteiger partial charge in [-0.3, -0.25) is 19.0 Å². The van der Waals surface area contributed by atoms with E-state index in [-0.39, 0.29) is 22.8 Å². The maximum atomic E-state index is 12.6. The van der Waals surface area contributed by atoms with E-state index in [1.54, 1.807) is 30.1 Å². The largest absolute Gasteiger partial charge is 0.368 e. The van der Waals surface area contributed by atoms with E-state index in [1.807, 2.05) is 24.3 Å². The van der Waals surface area contributed by atoms with Gasteiger partial charge in [0.2, 0.25) is 5.91 Å². The van der Waals surface area contributed by atoms with Gasteiger partial charge in [0, 0.05) is 49.5 Å². The minimum atomic E-state index is -0.391. The molecule has 1 saturated heterocycles. The summed E-state index contributed by atoms with van der Waals surface area (Å²) >= 11 is 11.2. The molecule has 0 atom stereocenters. The zero-order valence-electron chi connectivity index (χ0n) is 17.4. The van der Waals surface area contributed by atoms with Crippen molar-refractivity contribution < 1.29 is 9.59 Å². The van der Waals surface area contributed by atoms with Crippen molar-refractivity contribution in [2.24, 2.45) is 7.05 Å². The summed E-state index contributed by atoms with van der Waals surface area (Å²) in [5.74, 6) is -0.532. The molecule has 2 amide bonds. The lowest BCUT2D eigenvalue weighted by Crippen LogP contribution is -2.51. The maximum absolute atomic E-state index is 12.6. The second-order valence-electron chi connectivity index (χ2n) is 7.59. The molecule has 0 saturated carbocycles. The van der Waals surface area contributed by atoms with Crippen molar-refractivity contribution in [1.29, 1.82) is 0 Å². The fourth-order valence-corrected chi connectivity index (χ4v) is 4.08. The Morgan fingerprint density at radius 3 is 2.59 bits per heavy atom. The summed E-state index contributed by atoms with van der Waals surface area (Å²) in [5, 5.41) is 3.78. The third-order valence-corrected chi connectivity index (χ3v) is 6.18. The van der Waals surface area contributed by atoms with E-state index in [0.717, 1.165) is 5.69 Å². The molecule has 4 rings (SSSR count). The quantitative estimate of drug-likeness (QED) is 0.570. The number of benzene rings is 2. The zero-order valence-corrected chi connectivity index (χ0v) is 19.0. The van der Waals surface area contributed by atoms with E-state index < -0.39 is 5.91 Å². The molecule has 1 aliphatic heterocycles. The summed E-state index contributed by atoms with van der Waals surface area (Å²) in [5.41, 5.74) is 1.62. The Morgan fingerprint density at radius 2 is 1.88 bits per heavy atom. The van der Waals surface area contributed by atoms with Gasteiger partial charge in [0.15, 0.2) is 4.77 Å². The molecule has 0 aliphatic carbocycles. The summed E-state index contributed by atoms with van der Waals surface area (Å²) in [6.07, 6.45) is 0. The molecule has 0 radical (unpaired) electrons. The Balaban J connectivity index is 1.35. The average molecular weight is 472 g/mol. The van der Waals surface area contributed by atoms with Crippen LogP contribution in [0, 0.1) is 4.77 Å². The Morgan fingerprint density at radius 1 is 1.12 bits per heavy atom. The lowest BCUT2D eigenvalue weighted by atomic mass is 10.1. The van der Waals surface area contributed by atoms with Gasteiger partial charge in [0.1, 0.15) is 0 Å². The number of hydrogen-bond donors (Lipinski definition) is 2. The lowest BCUT2D eigenvalue weighted by molar-refractivity contribution is -0.130. The molecule has 1 aromatic heterocycles. The van der Waals surface area contributed by atoms with Gasteiger partial charge in [0.25, 0.3) is 11.5 Å². The van der Waals surface area contributed by atoms with Crippen LogP contribution in [0.3, 0.4) is 0 Å². The molecule has 2 aromatic carbocycles. The number of hydrogen-bond acceptors (Lipinski definition) is 5. The van der Waals surface area contributed by atoms with E-state index in [4.69, 9.17) is 23.8 Å². The molecule has 166 valence electrons. The number of fused-ring (bicyclic) bond motifs is 1. The number of anilines is 1. The van der Waals surface area contributed by atoms with Gasteiger partial charge in [-0.2, -0.15) is 0 Å². The number of aromatic nitrogens is 2. The monoisotopic (exact) mass is 471 g/mol. The number of piperazine rings is 1. The molecule has 2 heterocycles. The van der Waals surface area contributed by atoms with Gasteiger partial charge in [-0.05, 0) is 48.6 Å². The van der Waals surface area contributed by atoms with Crippen LogP contribution in [0.2, 0.25) is 5.02 Å². The number of rotatable bonds is 4. The first kappa shape index (κ1) is 22.0. The Labute approximate surface area is 194 Å². The van der Waals surface area contributed by atoms with Crippen molar-refractivity contribution in [2.45, 2.75) is 0 Å². The topological polar surface area (TPSA) is 90.4 Å². The van der Waals surface area contributed by atoms with E-state index >= 15 is 0 Å². The Bertz CT molecular complexity index is 1310. The number of nitrogens with one attached hydrogen (secondary N) is 2. The predicted octanol–water partition coefficient (Wildman–Crippen LogP) is 2.33. The van der Waals surface area contributed by atoms with Crippen LogP contribution in [-0.2, 0) is 11.8 Å². The van der Waals surface area contributed by atoms with Crippen LogP contribution in [0.1, 0.15) is 10.4 Å². The number of H-pyrrole nitrogens is 1. The minimum Gasteiger partial charge on any atom is -0.368 e. The van der Waals surface area contributed by atoms with Crippen LogP contribution >= 0.6 is 23.8 Å². The smallest absolute Gasteiger partial charge is 0.261 e. The van der Waals surface area contributed by atoms with Gasteiger partial charge in [-0.1, -0.05) is 17.7 Å². The van der Waals surface area contributed by atoms with Crippen LogP contribution in [0.25, 0.3) is 10.9 Å².